The van der Waals surface area contributed by atoms with Gasteiger partial charge < -0.3 is 0 Å². The van der Waals surface area contributed by atoms with Crippen molar-refractivity contribution < 1.29 is 0 Å². The summed E-state index contributed by atoms with van der Waals surface area (Å²) in [5.41, 5.74) is 6.65. The Hall–Kier alpha value is -3.63. The van der Waals surface area contributed by atoms with E-state index in [-0.39, 0.29) is 5.41 Å². The van der Waals surface area contributed by atoms with E-state index in [0.717, 1.165) is 34.4 Å². The fraction of sp³-hybridized carbons (Fsp3) is 0.270. The molecule has 3 nitrogen and oxygen atoms in total. The summed E-state index contributed by atoms with van der Waals surface area (Å²) in [7, 11) is 0. The van der Waals surface area contributed by atoms with Crippen molar-refractivity contribution in [3.63, 3.8) is 0 Å². The summed E-state index contributed by atoms with van der Waals surface area (Å²) in [6.07, 6.45) is 8.01. The average molecular weight is 599 g/mol. The summed E-state index contributed by atoms with van der Waals surface area (Å²) in [6, 6.07) is 38.9. The third kappa shape index (κ3) is 4.44. The molecule has 4 aromatic carbocycles. The number of benzene rings is 4. The Morgan fingerprint density at radius 2 is 0.878 bits per heavy atom. The Bertz CT molecular complexity index is 1630. The van der Waals surface area contributed by atoms with Gasteiger partial charge in [0.1, 0.15) is 0 Å². The van der Waals surface area contributed by atoms with Gasteiger partial charge >= 0.3 is 0 Å². The lowest BCUT2D eigenvalue weighted by molar-refractivity contribution is -0.0281. The van der Waals surface area contributed by atoms with Gasteiger partial charge in [-0.15, -0.1) is 0 Å². The molecule has 1 heterocycles. The highest BCUT2D eigenvalue weighted by molar-refractivity contribution is 9.10. The maximum Gasteiger partial charge on any atom is 0.164 e. The Morgan fingerprint density at radius 1 is 0.488 bits per heavy atom. The summed E-state index contributed by atoms with van der Waals surface area (Å²) in [5, 5.41) is 0. The standard InChI is InChI=1S/C37H32BrN3/c38-32-17-15-31(16-18-32)37-22-25-19-26(23-37)21-36(20-25,24-37)30-13-11-29(12-14-30)35-40-33(27-7-3-1-4-8-27)39-34(41-35)28-9-5-2-6-10-28/h1-18,25-26H,19-24H2. The number of nitrogens with zero attached hydrogens (tertiary/aromatic N) is 3. The Balaban J connectivity index is 1.17. The zero-order chi connectivity index (χ0) is 27.4. The van der Waals surface area contributed by atoms with Crippen LogP contribution >= 0.6 is 15.9 Å². The van der Waals surface area contributed by atoms with Crippen molar-refractivity contribution in [3.05, 3.63) is 125 Å². The smallest absolute Gasteiger partial charge is 0.164 e. The second-order valence-electron chi connectivity index (χ2n) is 12.6. The second-order valence-corrected chi connectivity index (χ2v) is 13.6. The Labute approximate surface area is 250 Å². The molecule has 4 bridgehead atoms. The minimum absolute atomic E-state index is 0.263. The van der Waals surface area contributed by atoms with Crippen molar-refractivity contribution in [1.82, 2.24) is 15.0 Å². The third-order valence-electron chi connectivity index (χ3n) is 9.97. The zero-order valence-electron chi connectivity index (χ0n) is 23.0. The van der Waals surface area contributed by atoms with Gasteiger partial charge in [-0.1, -0.05) is 113 Å². The number of hydrogen-bond donors (Lipinski definition) is 0. The van der Waals surface area contributed by atoms with Gasteiger partial charge in [0.05, 0.1) is 0 Å². The first-order chi connectivity index (χ1) is 20.1. The summed E-state index contributed by atoms with van der Waals surface area (Å²) < 4.78 is 1.17. The van der Waals surface area contributed by atoms with Crippen LogP contribution in [-0.2, 0) is 10.8 Å². The minimum Gasteiger partial charge on any atom is -0.208 e. The summed E-state index contributed by atoms with van der Waals surface area (Å²) in [4.78, 5) is 14.8. The van der Waals surface area contributed by atoms with Crippen LogP contribution in [-0.4, -0.2) is 15.0 Å². The number of halogens is 1. The van der Waals surface area contributed by atoms with Gasteiger partial charge in [0, 0.05) is 21.2 Å². The van der Waals surface area contributed by atoms with Crippen LogP contribution < -0.4 is 0 Å². The third-order valence-corrected chi connectivity index (χ3v) is 10.5. The highest BCUT2D eigenvalue weighted by Crippen LogP contribution is 2.66. The second kappa shape index (κ2) is 9.73. The topological polar surface area (TPSA) is 38.7 Å². The Morgan fingerprint density at radius 3 is 1.32 bits per heavy atom. The molecule has 0 amide bonds. The van der Waals surface area contributed by atoms with Crippen LogP contribution in [0.2, 0.25) is 0 Å². The van der Waals surface area contributed by atoms with E-state index in [1.54, 1.807) is 5.56 Å². The molecule has 41 heavy (non-hydrogen) atoms. The minimum atomic E-state index is 0.263. The molecule has 202 valence electrons. The molecule has 4 aliphatic carbocycles. The van der Waals surface area contributed by atoms with Gasteiger partial charge in [-0.3, -0.25) is 0 Å². The van der Waals surface area contributed by atoms with E-state index in [9.17, 15) is 0 Å². The lowest BCUT2D eigenvalue weighted by Crippen LogP contribution is -2.55. The molecule has 2 atom stereocenters. The molecule has 4 aliphatic rings. The number of rotatable bonds is 5. The quantitative estimate of drug-likeness (QED) is 0.202. The van der Waals surface area contributed by atoms with Gasteiger partial charge in [-0.05, 0) is 84.5 Å². The normalized spacial score (nSPS) is 26.3. The van der Waals surface area contributed by atoms with Gasteiger partial charge in [0.15, 0.2) is 17.5 Å². The molecule has 0 spiro atoms. The van der Waals surface area contributed by atoms with Gasteiger partial charge in [-0.2, -0.15) is 0 Å². The van der Waals surface area contributed by atoms with E-state index in [4.69, 9.17) is 15.0 Å². The lowest BCUT2D eigenvalue weighted by Gasteiger charge is -2.63. The van der Waals surface area contributed by atoms with E-state index >= 15 is 0 Å². The molecular formula is C37H32BrN3. The average Bonchev–Trinajstić information content (AvgIpc) is 3.01. The summed E-state index contributed by atoms with van der Waals surface area (Å²) in [6.45, 7) is 0. The molecule has 4 fully saturated rings. The first kappa shape index (κ1) is 25.1. The fourth-order valence-electron chi connectivity index (χ4n) is 8.65. The monoisotopic (exact) mass is 597 g/mol. The van der Waals surface area contributed by atoms with E-state index < -0.39 is 0 Å². The molecule has 0 saturated heterocycles. The van der Waals surface area contributed by atoms with E-state index in [2.05, 4.69) is 88.7 Å². The predicted molar refractivity (Wildman–Crippen MR) is 168 cm³/mol. The molecule has 5 aromatic rings. The largest absolute Gasteiger partial charge is 0.208 e. The molecule has 9 rings (SSSR count). The van der Waals surface area contributed by atoms with Crippen molar-refractivity contribution in [2.45, 2.75) is 49.4 Å². The molecule has 0 aliphatic heterocycles. The van der Waals surface area contributed by atoms with Crippen LogP contribution in [0.3, 0.4) is 0 Å². The van der Waals surface area contributed by atoms with E-state index in [0.29, 0.717) is 17.1 Å². The molecule has 0 radical (unpaired) electrons. The van der Waals surface area contributed by atoms with Crippen LogP contribution in [0.25, 0.3) is 34.2 Å². The van der Waals surface area contributed by atoms with Gasteiger partial charge in [0.25, 0.3) is 0 Å². The SMILES string of the molecule is Brc1ccc(C23CC4CC(C2)CC(c2ccc(-c5nc(-c6ccccc6)nc(-c6ccccc6)n5)cc2)(C4)C3)cc1. The zero-order valence-corrected chi connectivity index (χ0v) is 24.6. The Kier molecular flexibility index (Phi) is 5.96. The van der Waals surface area contributed by atoms with Crippen molar-refractivity contribution in [2.24, 2.45) is 11.8 Å². The van der Waals surface area contributed by atoms with Crippen molar-refractivity contribution in [2.75, 3.05) is 0 Å². The number of aromatic nitrogens is 3. The molecule has 0 N–H and O–H groups in total. The lowest BCUT2D eigenvalue weighted by atomic mass is 9.42. The number of hydrogen-bond acceptors (Lipinski definition) is 3. The molecular weight excluding hydrogens is 566 g/mol. The fourth-order valence-corrected chi connectivity index (χ4v) is 8.92. The molecule has 2 unspecified atom stereocenters. The first-order valence-electron chi connectivity index (χ1n) is 14.8. The van der Waals surface area contributed by atoms with Crippen molar-refractivity contribution in [3.8, 4) is 34.2 Å². The highest BCUT2D eigenvalue weighted by Gasteiger charge is 2.58. The molecule has 1 aromatic heterocycles. The van der Waals surface area contributed by atoms with Gasteiger partial charge in [0.2, 0.25) is 0 Å². The van der Waals surface area contributed by atoms with Crippen LogP contribution in [0.4, 0.5) is 0 Å². The van der Waals surface area contributed by atoms with Crippen LogP contribution in [0.15, 0.2) is 114 Å². The maximum absolute atomic E-state index is 4.95. The van der Waals surface area contributed by atoms with E-state index in [1.807, 2.05) is 36.4 Å². The van der Waals surface area contributed by atoms with Gasteiger partial charge in [-0.25, -0.2) is 15.0 Å². The summed E-state index contributed by atoms with van der Waals surface area (Å²) >= 11 is 3.65. The maximum atomic E-state index is 4.95. The van der Waals surface area contributed by atoms with Crippen LogP contribution in [0, 0.1) is 11.8 Å². The molecule has 4 saturated carbocycles. The van der Waals surface area contributed by atoms with Crippen molar-refractivity contribution in [1.29, 1.82) is 0 Å². The summed E-state index contributed by atoms with van der Waals surface area (Å²) in [5.74, 6) is 3.78. The van der Waals surface area contributed by atoms with E-state index in [1.165, 1.54) is 48.6 Å². The van der Waals surface area contributed by atoms with Crippen LogP contribution in [0.5, 0.6) is 0 Å². The van der Waals surface area contributed by atoms with Crippen molar-refractivity contribution >= 4 is 15.9 Å². The highest BCUT2D eigenvalue weighted by atomic mass is 79.9. The first-order valence-corrected chi connectivity index (χ1v) is 15.6. The molecule has 4 heteroatoms. The predicted octanol–water partition coefficient (Wildman–Crippen LogP) is 9.42. The van der Waals surface area contributed by atoms with Crippen LogP contribution in [0.1, 0.15) is 49.7 Å².